The zero-order valence-corrected chi connectivity index (χ0v) is 19.7. The standard InChI is InChI=1S/C22H33ClN2O5S/c1-4-5-12-10-15(25(2)11-12)21(29)24-16(13-6-8-14(23)9-7-13)20-18(27)17(26)19(28)22(30-20)31-3/h6-9,12,15-20,22,26-28H,4-5,10-11H2,1-3H3,(H,24,29)/t12?,15?,16?,17-,18+,19+,20+,22+/m0/s1. The molecule has 31 heavy (non-hydrogen) atoms. The number of hydrogen-bond donors (Lipinski definition) is 4. The molecule has 2 heterocycles. The van der Waals surface area contributed by atoms with Crippen molar-refractivity contribution in [2.45, 2.75) is 68.1 Å². The van der Waals surface area contributed by atoms with Gasteiger partial charge in [-0.15, -0.1) is 11.8 Å². The van der Waals surface area contributed by atoms with Crippen LogP contribution in [0.25, 0.3) is 0 Å². The largest absolute Gasteiger partial charge is 0.387 e. The van der Waals surface area contributed by atoms with Gasteiger partial charge in [0.15, 0.2) is 0 Å². The zero-order chi connectivity index (χ0) is 22.7. The van der Waals surface area contributed by atoms with Crippen LogP contribution in [0.1, 0.15) is 37.8 Å². The molecule has 0 aromatic heterocycles. The van der Waals surface area contributed by atoms with Gasteiger partial charge in [0.1, 0.15) is 29.9 Å². The average molecular weight is 473 g/mol. The number of nitrogens with one attached hydrogen (secondary N) is 1. The van der Waals surface area contributed by atoms with Gasteiger partial charge in [-0.3, -0.25) is 9.69 Å². The number of aliphatic hydroxyl groups excluding tert-OH is 3. The first kappa shape index (κ1) is 24.8. The van der Waals surface area contributed by atoms with Gasteiger partial charge >= 0.3 is 0 Å². The van der Waals surface area contributed by atoms with E-state index in [0.717, 1.165) is 25.8 Å². The van der Waals surface area contributed by atoms with Crippen LogP contribution in [0.2, 0.25) is 5.02 Å². The molecule has 1 aromatic carbocycles. The van der Waals surface area contributed by atoms with Crippen LogP contribution in [0.3, 0.4) is 0 Å². The van der Waals surface area contributed by atoms with E-state index in [1.807, 2.05) is 7.05 Å². The van der Waals surface area contributed by atoms with Crippen molar-refractivity contribution in [3.05, 3.63) is 34.9 Å². The van der Waals surface area contributed by atoms with Crippen LogP contribution in [0.5, 0.6) is 0 Å². The van der Waals surface area contributed by atoms with E-state index in [9.17, 15) is 20.1 Å². The summed E-state index contributed by atoms with van der Waals surface area (Å²) in [7, 11) is 1.95. The molecule has 174 valence electrons. The maximum Gasteiger partial charge on any atom is 0.237 e. The Bertz CT molecular complexity index is 737. The minimum atomic E-state index is -1.38. The summed E-state index contributed by atoms with van der Waals surface area (Å²) in [4.78, 5) is 15.3. The number of rotatable bonds is 7. The summed E-state index contributed by atoms with van der Waals surface area (Å²) >= 11 is 7.29. The summed E-state index contributed by atoms with van der Waals surface area (Å²) in [5.74, 6) is 0.340. The molecule has 0 radical (unpaired) electrons. The first-order valence-electron chi connectivity index (χ1n) is 10.7. The summed E-state index contributed by atoms with van der Waals surface area (Å²) in [6.45, 7) is 3.02. The lowest BCUT2D eigenvalue weighted by Crippen LogP contribution is -2.60. The summed E-state index contributed by atoms with van der Waals surface area (Å²) in [5, 5.41) is 34.9. The number of carbonyl (C=O) groups is 1. The highest BCUT2D eigenvalue weighted by molar-refractivity contribution is 7.99. The minimum absolute atomic E-state index is 0.141. The fourth-order valence-corrected chi connectivity index (χ4v) is 5.45. The third-order valence-electron chi connectivity index (χ3n) is 6.33. The Morgan fingerprint density at radius 3 is 2.55 bits per heavy atom. The summed E-state index contributed by atoms with van der Waals surface area (Å²) < 4.78 is 5.97. The van der Waals surface area contributed by atoms with E-state index < -0.39 is 35.9 Å². The van der Waals surface area contributed by atoms with E-state index >= 15 is 0 Å². The third-order valence-corrected chi connectivity index (χ3v) is 7.44. The fraction of sp³-hybridized carbons (Fsp3) is 0.682. The molecule has 4 N–H and O–H groups in total. The Labute approximate surface area is 193 Å². The van der Waals surface area contributed by atoms with Gasteiger partial charge in [0.25, 0.3) is 0 Å². The molecule has 9 heteroatoms. The number of likely N-dealkylation sites (tertiary alicyclic amines) is 1. The van der Waals surface area contributed by atoms with Crippen LogP contribution < -0.4 is 5.32 Å². The van der Waals surface area contributed by atoms with Gasteiger partial charge in [0.05, 0.1) is 12.1 Å². The molecule has 0 bridgehead atoms. The van der Waals surface area contributed by atoms with Gasteiger partial charge in [-0.2, -0.15) is 0 Å². The van der Waals surface area contributed by atoms with Crippen molar-refractivity contribution in [3.63, 3.8) is 0 Å². The van der Waals surface area contributed by atoms with E-state index in [1.54, 1.807) is 30.5 Å². The van der Waals surface area contributed by atoms with Crippen molar-refractivity contribution in [1.29, 1.82) is 0 Å². The number of benzene rings is 1. The van der Waals surface area contributed by atoms with E-state index in [-0.39, 0.29) is 11.9 Å². The minimum Gasteiger partial charge on any atom is -0.387 e. The Morgan fingerprint density at radius 2 is 1.94 bits per heavy atom. The summed E-state index contributed by atoms with van der Waals surface area (Å²) in [5.41, 5.74) is -0.0193. The van der Waals surface area contributed by atoms with Crippen molar-refractivity contribution < 1.29 is 24.9 Å². The second kappa shape index (κ2) is 10.8. The fourth-order valence-electron chi connectivity index (χ4n) is 4.65. The molecule has 0 aliphatic carbocycles. The summed E-state index contributed by atoms with van der Waals surface area (Å²) in [6.07, 6.45) is -0.201. The van der Waals surface area contributed by atoms with Crippen molar-refractivity contribution in [2.75, 3.05) is 19.8 Å². The van der Waals surface area contributed by atoms with Gasteiger partial charge in [0, 0.05) is 11.6 Å². The van der Waals surface area contributed by atoms with Crippen LogP contribution in [-0.2, 0) is 9.53 Å². The van der Waals surface area contributed by atoms with Gasteiger partial charge < -0.3 is 25.4 Å². The van der Waals surface area contributed by atoms with Crippen LogP contribution >= 0.6 is 23.4 Å². The van der Waals surface area contributed by atoms with Crippen LogP contribution in [-0.4, -0.2) is 81.9 Å². The highest BCUT2D eigenvalue weighted by atomic mass is 35.5. The Kier molecular flexibility index (Phi) is 8.65. The molecule has 2 aliphatic rings. The number of carbonyl (C=O) groups excluding carboxylic acids is 1. The van der Waals surface area contributed by atoms with Crippen LogP contribution in [0.15, 0.2) is 24.3 Å². The van der Waals surface area contributed by atoms with E-state index in [0.29, 0.717) is 16.5 Å². The smallest absolute Gasteiger partial charge is 0.237 e. The molecule has 2 fully saturated rings. The van der Waals surface area contributed by atoms with Crippen molar-refractivity contribution in [3.8, 4) is 0 Å². The number of halogens is 1. The SMILES string of the molecule is CCCC1CC(C(=O)NC(c2ccc(Cl)cc2)[C@H]2O[C@H](SC)[C@H](O)[C@@H](O)[C@H]2O)N(C)C1. The molecule has 2 aliphatic heterocycles. The van der Waals surface area contributed by atoms with Crippen LogP contribution in [0, 0.1) is 5.92 Å². The van der Waals surface area contributed by atoms with Gasteiger partial charge in [0.2, 0.25) is 5.91 Å². The first-order valence-corrected chi connectivity index (χ1v) is 12.4. The normalized spacial score (nSPS) is 35.1. The van der Waals surface area contributed by atoms with E-state index in [4.69, 9.17) is 16.3 Å². The Balaban J connectivity index is 1.85. The van der Waals surface area contributed by atoms with Gasteiger partial charge in [-0.25, -0.2) is 0 Å². The molecular formula is C22H33ClN2O5S. The molecular weight excluding hydrogens is 440 g/mol. The number of hydrogen-bond acceptors (Lipinski definition) is 7. The molecule has 0 spiro atoms. The second-order valence-corrected chi connectivity index (χ2v) is 9.93. The van der Waals surface area contributed by atoms with Crippen molar-refractivity contribution >= 4 is 29.3 Å². The predicted molar refractivity (Wildman–Crippen MR) is 122 cm³/mol. The first-order chi connectivity index (χ1) is 14.8. The maximum atomic E-state index is 13.3. The van der Waals surface area contributed by atoms with Gasteiger partial charge in [-0.1, -0.05) is 37.1 Å². The van der Waals surface area contributed by atoms with Gasteiger partial charge in [-0.05, 0) is 49.8 Å². The zero-order valence-electron chi connectivity index (χ0n) is 18.1. The Morgan fingerprint density at radius 1 is 1.26 bits per heavy atom. The lowest BCUT2D eigenvalue weighted by Gasteiger charge is -2.43. The highest BCUT2D eigenvalue weighted by Gasteiger charge is 2.47. The van der Waals surface area contributed by atoms with Crippen molar-refractivity contribution in [2.24, 2.45) is 5.92 Å². The predicted octanol–water partition coefficient (Wildman–Crippen LogP) is 1.79. The number of amides is 1. The highest BCUT2D eigenvalue weighted by Crippen LogP contribution is 2.34. The average Bonchev–Trinajstić information content (AvgIpc) is 3.12. The lowest BCUT2D eigenvalue weighted by atomic mass is 9.90. The molecule has 1 amide bonds. The number of nitrogens with zero attached hydrogens (tertiary/aromatic N) is 1. The monoisotopic (exact) mass is 472 g/mol. The van der Waals surface area contributed by atoms with Crippen LogP contribution in [0.4, 0.5) is 0 Å². The second-order valence-electron chi connectivity index (χ2n) is 8.56. The van der Waals surface area contributed by atoms with Crippen molar-refractivity contribution in [1.82, 2.24) is 10.2 Å². The molecule has 7 nitrogen and oxygen atoms in total. The molecule has 8 atom stereocenters. The number of ether oxygens (including phenoxy) is 1. The maximum absolute atomic E-state index is 13.3. The number of thioether (sulfide) groups is 1. The number of likely N-dealkylation sites (N-methyl/N-ethyl adjacent to an activating group) is 1. The molecule has 2 saturated heterocycles. The quantitative estimate of drug-likeness (QED) is 0.479. The topological polar surface area (TPSA) is 102 Å². The van der Waals surface area contributed by atoms with E-state index in [1.165, 1.54) is 11.8 Å². The molecule has 0 saturated carbocycles. The lowest BCUT2D eigenvalue weighted by molar-refractivity contribution is -0.206. The molecule has 3 unspecified atom stereocenters. The Hall–Kier alpha value is -0.870. The van der Waals surface area contributed by atoms with E-state index in [2.05, 4.69) is 17.1 Å². The summed E-state index contributed by atoms with van der Waals surface area (Å²) in [6, 6.07) is 5.98. The third kappa shape index (κ3) is 5.55. The molecule has 1 aromatic rings. The molecule has 3 rings (SSSR count). The number of aliphatic hydroxyl groups is 3.